The first-order valence-corrected chi connectivity index (χ1v) is 5.76. The highest BCUT2D eigenvalue weighted by atomic mass is 32.2. The van der Waals surface area contributed by atoms with Crippen molar-refractivity contribution in [1.29, 1.82) is 0 Å². The summed E-state index contributed by atoms with van der Waals surface area (Å²) < 4.78 is 23.8. The maximum Gasteiger partial charge on any atom is 0.218 e. The van der Waals surface area contributed by atoms with Gasteiger partial charge in [-0.1, -0.05) is 0 Å². The van der Waals surface area contributed by atoms with Gasteiger partial charge in [0.15, 0.2) is 9.84 Å². The SMILES string of the molecule is Nc1ncnn1C1CCS(=O)(=O)C1. The van der Waals surface area contributed by atoms with Crippen LogP contribution in [0.4, 0.5) is 5.95 Å². The van der Waals surface area contributed by atoms with Crippen molar-refractivity contribution in [2.75, 3.05) is 17.2 Å². The molecule has 6 nitrogen and oxygen atoms in total. The lowest BCUT2D eigenvalue weighted by Crippen LogP contribution is -2.14. The van der Waals surface area contributed by atoms with E-state index in [1.54, 1.807) is 0 Å². The molecule has 0 bridgehead atoms. The highest BCUT2D eigenvalue weighted by molar-refractivity contribution is 7.91. The molecule has 1 fully saturated rings. The molecule has 0 spiro atoms. The molecule has 1 saturated heterocycles. The van der Waals surface area contributed by atoms with Crippen LogP contribution in [-0.2, 0) is 9.84 Å². The van der Waals surface area contributed by atoms with Crippen LogP contribution in [0.25, 0.3) is 0 Å². The number of sulfone groups is 1. The Morgan fingerprint density at radius 3 is 2.85 bits per heavy atom. The van der Waals surface area contributed by atoms with Crippen molar-refractivity contribution in [3.05, 3.63) is 6.33 Å². The minimum Gasteiger partial charge on any atom is -0.368 e. The molecule has 1 aromatic rings. The lowest BCUT2D eigenvalue weighted by molar-refractivity contribution is 0.506. The van der Waals surface area contributed by atoms with Crippen LogP contribution >= 0.6 is 0 Å². The summed E-state index contributed by atoms with van der Waals surface area (Å²) >= 11 is 0. The van der Waals surface area contributed by atoms with Gasteiger partial charge in [-0.25, -0.2) is 18.1 Å². The molecule has 0 aromatic carbocycles. The van der Waals surface area contributed by atoms with E-state index in [0.717, 1.165) is 0 Å². The fourth-order valence-electron chi connectivity index (χ4n) is 1.51. The van der Waals surface area contributed by atoms with E-state index in [2.05, 4.69) is 10.1 Å². The quantitative estimate of drug-likeness (QED) is 0.645. The third-order valence-electron chi connectivity index (χ3n) is 2.16. The van der Waals surface area contributed by atoms with Gasteiger partial charge < -0.3 is 5.73 Å². The molecule has 1 unspecified atom stereocenters. The molecule has 72 valence electrons. The van der Waals surface area contributed by atoms with Crippen LogP contribution in [0.1, 0.15) is 12.5 Å². The number of nitrogens with zero attached hydrogens (tertiary/aromatic N) is 3. The van der Waals surface area contributed by atoms with Crippen molar-refractivity contribution in [1.82, 2.24) is 14.8 Å². The number of hydrogen-bond acceptors (Lipinski definition) is 5. The molecule has 0 radical (unpaired) electrons. The second kappa shape index (κ2) is 2.69. The lowest BCUT2D eigenvalue weighted by Gasteiger charge is -2.07. The topological polar surface area (TPSA) is 90.9 Å². The van der Waals surface area contributed by atoms with E-state index in [-0.39, 0.29) is 23.5 Å². The van der Waals surface area contributed by atoms with E-state index in [1.807, 2.05) is 0 Å². The Morgan fingerprint density at radius 1 is 1.62 bits per heavy atom. The Kier molecular flexibility index (Phi) is 1.76. The Bertz CT molecular complexity index is 410. The van der Waals surface area contributed by atoms with Gasteiger partial charge in [-0.15, -0.1) is 0 Å². The largest absolute Gasteiger partial charge is 0.368 e. The molecule has 2 rings (SSSR count). The third-order valence-corrected chi connectivity index (χ3v) is 3.91. The highest BCUT2D eigenvalue weighted by Crippen LogP contribution is 2.23. The molecule has 2 heterocycles. The Balaban J connectivity index is 2.26. The molecule has 2 N–H and O–H groups in total. The molecule has 1 aliphatic rings. The number of rotatable bonds is 1. The van der Waals surface area contributed by atoms with Crippen LogP contribution in [0.5, 0.6) is 0 Å². The first kappa shape index (κ1) is 8.49. The van der Waals surface area contributed by atoms with Gasteiger partial charge in [0.25, 0.3) is 0 Å². The van der Waals surface area contributed by atoms with Crippen LogP contribution in [0.2, 0.25) is 0 Å². The molecule has 0 aliphatic carbocycles. The number of nitrogens with two attached hydrogens (primary N) is 1. The fourth-order valence-corrected chi connectivity index (χ4v) is 3.20. The summed E-state index contributed by atoms with van der Waals surface area (Å²) in [5.74, 6) is 0.624. The molecule has 1 aromatic heterocycles. The van der Waals surface area contributed by atoms with E-state index in [0.29, 0.717) is 6.42 Å². The van der Waals surface area contributed by atoms with Gasteiger partial charge in [-0.2, -0.15) is 5.10 Å². The summed E-state index contributed by atoms with van der Waals surface area (Å²) in [6.45, 7) is 0. The van der Waals surface area contributed by atoms with E-state index in [4.69, 9.17) is 5.73 Å². The van der Waals surface area contributed by atoms with E-state index < -0.39 is 9.84 Å². The average Bonchev–Trinajstić information content (AvgIpc) is 2.56. The van der Waals surface area contributed by atoms with Crippen molar-refractivity contribution in [3.8, 4) is 0 Å². The summed E-state index contributed by atoms with van der Waals surface area (Å²) in [4.78, 5) is 3.74. The van der Waals surface area contributed by atoms with Crippen molar-refractivity contribution in [2.45, 2.75) is 12.5 Å². The minimum atomic E-state index is -2.88. The lowest BCUT2D eigenvalue weighted by atomic mass is 10.3. The van der Waals surface area contributed by atoms with E-state index in [9.17, 15) is 8.42 Å². The molecule has 7 heteroatoms. The molecule has 0 saturated carbocycles. The normalized spacial score (nSPS) is 26.3. The molecule has 1 aliphatic heterocycles. The second-order valence-corrected chi connectivity index (χ2v) is 5.35. The predicted octanol–water partition coefficient (Wildman–Crippen LogP) is -0.780. The first-order chi connectivity index (χ1) is 6.08. The van der Waals surface area contributed by atoms with Crippen LogP contribution in [-0.4, -0.2) is 34.7 Å². The zero-order valence-corrected chi connectivity index (χ0v) is 7.74. The van der Waals surface area contributed by atoms with Gasteiger partial charge in [0.2, 0.25) is 5.95 Å². The fraction of sp³-hybridized carbons (Fsp3) is 0.667. The zero-order chi connectivity index (χ0) is 9.47. The summed E-state index contributed by atoms with van der Waals surface area (Å²) in [6, 6.07) is -0.132. The van der Waals surface area contributed by atoms with Gasteiger partial charge in [0.05, 0.1) is 17.5 Å². The summed E-state index contributed by atoms with van der Waals surface area (Å²) in [5.41, 5.74) is 5.50. The van der Waals surface area contributed by atoms with E-state index >= 15 is 0 Å². The number of anilines is 1. The van der Waals surface area contributed by atoms with Crippen LogP contribution in [0.3, 0.4) is 0 Å². The minimum absolute atomic E-state index is 0.126. The Hall–Kier alpha value is -1.11. The molecule has 0 amide bonds. The highest BCUT2D eigenvalue weighted by Gasteiger charge is 2.30. The van der Waals surface area contributed by atoms with Gasteiger partial charge in [-0.3, -0.25) is 0 Å². The zero-order valence-electron chi connectivity index (χ0n) is 6.92. The van der Waals surface area contributed by atoms with Gasteiger partial charge in [-0.05, 0) is 6.42 Å². The van der Waals surface area contributed by atoms with Crippen LogP contribution in [0, 0.1) is 0 Å². The molecule has 1 atom stereocenters. The van der Waals surface area contributed by atoms with Gasteiger partial charge >= 0.3 is 0 Å². The van der Waals surface area contributed by atoms with Crippen LogP contribution < -0.4 is 5.73 Å². The summed E-state index contributed by atoms with van der Waals surface area (Å²) in [6.07, 6.45) is 1.91. The van der Waals surface area contributed by atoms with Crippen molar-refractivity contribution in [3.63, 3.8) is 0 Å². The van der Waals surface area contributed by atoms with Crippen molar-refractivity contribution < 1.29 is 8.42 Å². The smallest absolute Gasteiger partial charge is 0.218 e. The average molecular weight is 202 g/mol. The number of aromatic nitrogens is 3. The second-order valence-electron chi connectivity index (χ2n) is 3.12. The van der Waals surface area contributed by atoms with Crippen molar-refractivity contribution >= 4 is 15.8 Å². The standard InChI is InChI=1S/C6H10N4O2S/c7-6-8-4-9-10(6)5-1-2-13(11,12)3-5/h4-5H,1-3H2,(H2,7,8,9). The monoisotopic (exact) mass is 202 g/mol. The summed E-state index contributed by atoms with van der Waals surface area (Å²) in [7, 11) is -2.88. The predicted molar refractivity (Wildman–Crippen MR) is 46.7 cm³/mol. The molecular weight excluding hydrogens is 192 g/mol. The number of hydrogen-bond donors (Lipinski definition) is 1. The first-order valence-electron chi connectivity index (χ1n) is 3.94. The Labute approximate surface area is 75.7 Å². The Morgan fingerprint density at radius 2 is 2.38 bits per heavy atom. The maximum absolute atomic E-state index is 11.1. The van der Waals surface area contributed by atoms with Gasteiger partial charge in [0, 0.05) is 0 Å². The number of nitrogen functional groups attached to an aromatic ring is 1. The van der Waals surface area contributed by atoms with E-state index in [1.165, 1.54) is 11.0 Å². The van der Waals surface area contributed by atoms with Crippen molar-refractivity contribution in [2.24, 2.45) is 0 Å². The van der Waals surface area contributed by atoms with Crippen LogP contribution in [0.15, 0.2) is 6.33 Å². The summed E-state index contributed by atoms with van der Waals surface area (Å²) in [5, 5.41) is 3.88. The van der Waals surface area contributed by atoms with Gasteiger partial charge in [0.1, 0.15) is 6.33 Å². The maximum atomic E-state index is 11.1. The molecular formula is C6H10N4O2S. The third kappa shape index (κ3) is 1.51. The molecule has 13 heavy (non-hydrogen) atoms.